The molecule has 0 spiro atoms. The Morgan fingerprint density at radius 1 is 1.20 bits per heavy atom. The molecule has 1 heterocycles. The fourth-order valence-electron chi connectivity index (χ4n) is 2.37. The highest BCUT2D eigenvalue weighted by molar-refractivity contribution is 7.12. The minimum absolute atomic E-state index is 0.0642. The molecule has 20 heavy (non-hydrogen) atoms. The van der Waals surface area contributed by atoms with Gasteiger partial charge in [0.05, 0.1) is 6.61 Å². The van der Waals surface area contributed by atoms with Gasteiger partial charge in [-0.05, 0) is 37.8 Å². The second-order valence-electron chi connectivity index (χ2n) is 5.69. The highest BCUT2D eigenvalue weighted by Gasteiger charge is 2.22. The first kappa shape index (κ1) is 17.7. The first-order valence-corrected chi connectivity index (χ1v) is 8.87. The second kappa shape index (κ2) is 9.54. The molecule has 1 rings (SSSR count). The number of ether oxygens (including phenoxy) is 1. The van der Waals surface area contributed by atoms with Crippen LogP contribution in [0, 0.1) is 12.8 Å². The van der Waals surface area contributed by atoms with Crippen LogP contribution in [0.25, 0.3) is 0 Å². The largest absolute Gasteiger partial charge is 0.371 e. The van der Waals surface area contributed by atoms with Gasteiger partial charge in [0.1, 0.15) is 6.10 Å². The lowest BCUT2D eigenvalue weighted by molar-refractivity contribution is 0.0108. The van der Waals surface area contributed by atoms with Crippen LogP contribution in [0.2, 0.25) is 0 Å². The third-order valence-electron chi connectivity index (χ3n) is 3.96. The summed E-state index contributed by atoms with van der Waals surface area (Å²) in [5, 5.41) is 0. The van der Waals surface area contributed by atoms with Gasteiger partial charge in [-0.15, -0.1) is 11.3 Å². The van der Waals surface area contributed by atoms with Crippen LogP contribution >= 0.6 is 11.3 Å². The van der Waals surface area contributed by atoms with Crippen LogP contribution in [0.3, 0.4) is 0 Å². The van der Waals surface area contributed by atoms with E-state index in [1.54, 1.807) is 0 Å². The van der Waals surface area contributed by atoms with E-state index >= 15 is 0 Å². The van der Waals surface area contributed by atoms with Gasteiger partial charge in [-0.25, -0.2) is 0 Å². The minimum atomic E-state index is 0.0642. The summed E-state index contributed by atoms with van der Waals surface area (Å²) in [7, 11) is 0. The van der Waals surface area contributed by atoms with Gasteiger partial charge in [0, 0.05) is 15.8 Å². The first-order chi connectivity index (χ1) is 9.62. The zero-order valence-corrected chi connectivity index (χ0v) is 14.3. The molecular weight excluding hydrogens is 266 g/mol. The number of hydrogen-bond donors (Lipinski definition) is 1. The molecule has 3 atom stereocenters. The molecule has 0 aliphatic rings. The van der Waals surface area contributed by atoms with Crippen LogP contribution in [-0.4, -0.2) is 12.6 Å². The zero-order chi connectivity index (χ0) is 15.0. The van der Waals surface area contributed by atoms with Crippen molar-refractivity contribution in [3.8, 4) is 0 Å². The fourth-order valence-corrected chi connectivity index (χ4v) is 3.38. The Morgan fingerprint density at radius 3 is 2.45 bits per heavy atom. The van der Waals surface area contributed by atoms with Crippen LogP contribution in [0.5, 0.6) is 0 Å². The van der Waals surface area contributed by atoms with Crippen molar-refractivity contribution in [1.82, 2.24) is 0 Å². The SMILES string of the molecule is CCCCC(CC)COC(c1ccc(C)s1)C(N)CC. The van der Waals surface area contributed by atoms with Crippen LogP contribution < -0.4 is 5.73 Å². The van der Waals surface area contributed by atoms with Crippen molar-refractivity contribution in [3.63, 3.8) is 0 Å². The number of hydrogen-bond acceptors (Lipinski definition) is 3. The van der Waals surface area contributed by atoms with Crippen molar-refractivity contribution in [2.24, 2.45) is 11.7 Å². The van der Waals surface area contributed by atoms with Gasteiger partial charge in [0.15, 0.2) is 0 Å². The Morgan fingerprint density at radius 2 is 1.95 bits per heavy atom. The molecule has 3 heteroatoms. The van der Waals surface area contributed by atoms with Crippen LogP contribution in [0.15, 0.2) is 12.1 Å². The maximum Gasteiger partial charge on any atom is 0.107 e. The standard InChI is InChI=1S/C17H31NOS/c1-5-8-9-14(6-2)12-19-17(15(18)7-3)16-11-10-13(4)20-16/h10-11,14-15,17H,5-9,12,18H2,1-4H3. The number of rotatable bonds is 10. The topological polar surface area (TPSA) is 35.2 Å². The van der Waals surface area contributed by atoms with Gasteiger partial charge in [0.2, 0.25) is 0 Å². The molecule has 116 valence electrons. The van der Waals surface area contributed by atoms with Gasteiger partial charge in [-0.1, -0.05) is 40.0 Å². The predicted molar refractivity (Wildman–Crippen MR) is 89.3 cm³/mol. The Kier molecular flexibility index (Phi) is 8.43. The number of unbranched alkanes of at least 4 members (excludes halogenated alkanes) is 1. The minimum Gasteiger partial charge on any atom is -0.371 e. The zero-order valence-electron chi connectivity index (χ0n) is 13.5. The van der Waals surface area contributed by atoms with E-state index in [0.717, 1.165) is 13.0 Å². The van der Waals surface area contributed by atoms with E-state index in [-0.39, 0.29) is 12.1 Å². The molecule has 0 aliphatic heterocycles. The van der Waals surface area contributed by atoms with Crippen molar-refractivity contribution >= 4 is 11.3 Å². The fraction of sp³-hybridized carbons (Fsp3) is 0.765. The summed E-state index contributed by atoms with van der Waals surface area (Å²) in [6.07, 6.45) is 6.03. The summed E-state index contributed by atoms with van der Waals surface area (Å²) in [4.78, 5) is 2.61. The van der Waals surface area contributed by atoms with Crippen LogP contribution in [-0.2, 0) is 4.74 Å². The van der Waals surface area contributed by atoms with E-state index in [2.05, 4.69) is 39.8 Å². The third kappa shape index (κ3) is 5.55. The Balaban J connectivity index is 2.61. The average Bonchev–Trinajstić information content (AvgIpc) is 2.88. The highest BCUT2D eigenvalue weighted by Crippen LogP contribution is 2.30. The van der Waals surface area contributed by atoms with Crippen LogP contribution in [0.4, 0.5) is 0 Å². The summed E-state index contributed by atoms with van der Waals surface area (Å²) in [6, 6.07) is 4.43. The monoisotopic (exact) mass is 297 g/mol. The molecule has 2 nitrogen and oxygen atoms in total. The molecule has 0 radical (unpaired) electrons. The van der Waals surface area contributed by atoms with Gasteiger partial charge in [-0.3, -0.25) is 0 Å². The van der Waals surface area contributed by atoms with Gasteiger partial charge < -0.3 is 10.5 Å². The molecular formula is C17H31NOS. The van der Waals surface area contributed by atoms with E-state index in [1.807, 2.05) is 11.3 Å². The molecule has 0 bridgehead atoms. The Bertz CT molecular complexity index is 364. The molecule has 0 fully saturated rings. The van der Waals surface area contributed by atoms with E-state index in [4.69, 9.17) is 10.5 Å². The van der Waals surface area contributed by atoms with E-state index < -0.39 is 0 Å². The third-order valence-corrected chi connectivity index (χ3v) is 5.02. The summed E-state index contributed by atoms with van der Waals surface area (Å²) < 4.78 is 6.23. The molecule has 1 aromatic heterocycles. The highest BCUT2D eigenvalue weighted by atomic mass is 32.1. The lowest BCUT2D eigenvalue weighted by atomic mass is 10.00. The molecule has 3 unspecified atom stereocenters. The molecule has 0 aromatic carbocycles. The smallest absolute Gasteiger partial charge is 0.107 e. The van der Waals surface area contributed by atoms with Crippen molar-refractivity contribution in [2.45, 2.75) is 71.9 Å². The maximum absolute atomic E-state index is 6.27. The van der Waals surface area contributed by atoms with Gasteiger partial charge >= 0.3 is 0 Å². The van der Waals surface area contributed by atoms with E-state index in [9.17, 15) is 0 Å². The number of aryl methyl sites for hydroxylation is 1. The quantitative estimate of drug-likeness (QED) is 0.654. The normalized spacial score (nSPS) is 16.1. The number of nitrogens with two attached hydrogens (primary N) is 1. The van der Waals surface area contributed by atoms with E-state index in [1.165, 1.54) is 35.4 Å². The summed E-state index contributed by atoms with van der Waals surface area (Å²) in [6.45, 7) is 9.62. The van der Waals surface area contributed by atoms with Crippen molar-refractivity contribution in [3.05, 3.63) is 21.9 Å². The van der Waals surface area contributed by atoms with Crippen molar-refractivity contribution in [2.75, 3.05) is 6.61 Å². The summed E-state index contributed by atoms with van der Waals surface area (Å²) in [5.41, 5.74) is 6.27. The lowest BCUT2D eigenvalue weighted by Crippen LogP contribution is -2.30. The first-order valence-electron chi connectivity index (χ1n) is 8.05. The molecule has 2 N–H and O–H groups in total. The van der Waals surface area contributed by atoms with Crippen molar-refractivity contribution < 1.29 is 4.74 Å². The Hall–Kier alpha value is -0.380. The lowest BCUT2D eigenvalue weighted by Gasteiger charge is -2.25. The summed E-state index contributed by atoms with van der Waals surface area (Å²) >= 11 is 1.81. The average molecular weight is 298 g/mol. The second-order valence-corrected chi connectivity index (χ2v) is 7.01. The van der Waals surface area contributed by atoms with E-state index in [0.29, 0.717) is 5.92 Å². The van der Waals surface area contributed by atoms with Gasteiger partial charge in [-0.2, -0.15) is 0 Å². The maximum atomic E-state index is 6.27. The molecule has 0 saturated heterocycles. The summed E-state index contributed by atoms with van der Waals surface area (Å²) in [5.74, 6) is 0.669. The molecule has 1 aromatic rings. The van der Waals surface area contributed by atoms with Crippen LogP contribution in [0.1, 0.15) is 68.7 Å². The number of thiophene rings is 1. The Labute approximate surface area is 128 Å². The molecule has 0 aliphatic carbocycles. The predicted octanol–water partition coefficient (Wildman–Crippen LogP) is 5.07. The van der Waals surface area contributed by atoms with Crippen molar-refractivity contribution in [1.29, 1.82) is 0 Å². The van der Waals surface area contributed by atoms with Gasteiger partial charge in [0.25, 0.3) is 0 Å². The molecule has 0 saturated carbocycles. The molecule has 0 amide bonds.